The number of aryl methyl sites for hydroxylation is 2. The molecule has 1 N–H and O–H groups in total. The van der Waals surface area contributed by atoms with E-state index in [0.29, 0.717) is 29.9 Å². The first-order valence-corrected chi connectivity index (χ1v) is 8.77. The van der Waals surface area contributed by atoms with Crippen molar-refractivity contribution < 1.29 is 4.79 Å². The van der Waals surface area contributed by atoms with Gasteiger partial charge in [0.2, 0.25) is 5.91 Å². The van der Waals surface area contributed by atoms with E-state index >= 15 is 0 Å². The molecule has 1 aliphatic rings. The lowest BCUT2D eigenvalue weighted by Crippen LogP contribution is -2.38. The van der Waals surface area contributed by atoms with E-state index in [4.69, 9.17) is 0 Å². The lowest BCUT2D eigenvalue weighted by atomic mass is 10.0. The van der Waals surface area contributed by atoms with Crippen LogP contribution in [-0.2, 0) is 17.6 Å². The van der Waals surface area contributed by atoms with Gasteiger partial charge in [-0.15, -0.1) is 11.3 Å². The molecule has 3 heterocycles. The molecule has 0 radical (unpaired) electrons. The fourth-order valence-corrected chi connectivity index (χ4v) is 4.23. The largest absolute Gasteiger partial charge is 0.336 e. The monoisotopic (exact) mass is 331 g/mol. The number of aromatic amines is 1. The zero-order chi connectivity index (χ0) is 16.6. The summed E-state index contributed by atoms with van der Waals surface area (Å²) in [5, 5.41) is 2.09. The molecule has 3 rings (SSSR count). The van der Waals surface area contributed by atoms with Gasteiger partial charge in [-0.25, -0.2) is 4.98 Å². The van der Waals surface area contributed by atoms with Crippen LogP contribution in [0.4, 0.5) is 0 Å². The maximum Gasteiger partial charge on any atom is 0.254 e. The van der Waals surface area contributed by atoms with Crippen LogP contribution in [0.1, 0.15) is 46.9 Å². The minimum Gasteiger partial charge on any atom is -0.336 e. The molecular weight excluding hydrogens is 310 g/mol. The molecule has 0 spiro atoms. The molecule has 1 atom stereocenters. The van der Waals surface area contributed by atoms with Gasteiger partial charge >= 0.3 is 0 Å². The molecule has 0 saturated heterocycles. The van der Waals surface area contributed by atoms with Crippen molar-refractivity contribution in [3.8, 4) is 0 Å². The second-order valence-corrected chi connectivity index (χ2v) is 7.03. The van der Waals surface area contributed by atoms with Crippen molar-refractivity contribution in [1.29, 1.82) is 0 Å². The number of thiophene rings is 1. The summed E-state index contributed by atoms with van der Waals surface area (Å²) in [6, 6.07) is 2.23. The molecule has 0 fully saturated rings. The number of nitrogens with one attached hydrogen (secondary N) is 1. The molecule has 0 bridgehead atoms. The van der Waals surface area contributed by atoms with Crippen LogP contribution in [0, 0.1) is 13.8 Å². The molecule has 0 saturated carbocycles. The number of carbonyl (C=O) groups excluding carboxylic acids is 1. The highest BCUT2D eigenvalue weighted by Crippen LogP contribution is 2.33. The van der Waals surface area contributed by atoms with Gasteiger partial charge in [-0.05, 0) is 50.6 Å². The lowest BCUT2D eigenvalue weighted by molar-refractivity contribution is -0.133. The smallest absolute Gasteiger partial charge is 0.254 e. The zero-order valence-electron chi connectivity index (χ0n) is 13.7. The fourth-order valence-electron chi connectivity index (χ4n) is 3.27. The van der Waals surface area contributed by atoms with E-state index < -0.39 is 0 Å². The van der Waals surface area contributed by atoms with Gasteiger partial charge in [-0.2, -0.15) is 0 Å². The minimum absolute atomic E-state index is 0.105. The molecule has 1 unspecified atom stereocenters. The topological polar surface area (TPSA) is 66.1 Å². The predicted octanol–water partition coefficient (Wildman–Crippen LogP) is 2.53. The first kappa shape index (κ1) is 15.9. The molecule has 6 heteroatoms. The lowest BCUT2D eigenvalue weighted by Gasteiger charge is -2.33. The number of aromatic nitrogens is 2. The Morgan fingerprint density at radius 2 is 2.26 bits per heavy atom. The van der Waals surface area contributed by atoms with Gasteiger partial charge in [0.05, 0.1) is 6.04 Å². The third kappa shape index (κ3) is 3.08. The summed E-state index contributed by atoms with van der Waals surface area (Å²) in [6.07, 6.45) is 1.71. The highest BCUT2D eigenvalue weighted by Gasteiger charge is 2.28. The third-order valence-corrected chi connectivity index (χ3v) is 5.52. The van der Waals surface area contributed by atoms with Crippen LogP contribution in [0.15, 0.2) is 16.2 Å². The van der Waals surface area contributed by atoms with E-state index in [-0.39, 0.29) is 17.5 Å². The standard InChI is InChI=1S/C17H21N3O2S/c1-10-13(17(22)19-12(3)18-10)4-5-16(21)20-8-6-15-14(11(20)2)7-9-23-15/h7,9,11H,4-6,8H2,1-3H3,(H,18,19,22). The molecule has 1 aliphatic heterocycles. The zero-order valence-corrected chi connectivity index (χ0v) is 14.5. The minimum atomic E-state index is -0.130. The summed E-state index contributed by atoms with van der Waals surface area (Å²) in [4.78, 5) is 34.9. The first-order valence-electron chi connectivity index (χ1n) is 7.89. The summed E-state index contributed by atoms with van der Waals surface area (Å²) in [6.45, 7) is 6.42. The molecule has 23 heavy (non-hydrogen) atoms. The van der Waals surface area contributed by atoms with Crippen molar-refractivity contribution >= 4 is 17.2 Å². The molecular formula is C17H21N3O2S. The normalized spacial score (nSPS) is 17.2. The Labute approximate surface area is 139 Å². The Morgan fingerprint density at radius 1 is 1.48 bits per heavy atom. The molecule has 0 aromatic carbocycles. The first-order chi connectivity index (χ1) is 11.0. The van der Waals surface area contributed by atoms with E-state index in [9.17, 15) is 9.59 Å². The number of hydrogen-bond acceptors (Lipinski definition) is 4. The molecule has 122 valence electrons. The van der Waals surface area contributed by atoms with Crippen LogP contribution >= 0.6 is 11.3 Å². The highest BCUT2D eigenvalue weighted by molar-refractivity contribution is 7.10. The number of fused-ring (bicyclic) bond motifs is 1. The number of hydrogen-bond donors (Lipinski definition) is 1. The average molecular weight is 331 g/mol. The number of nitrogens with zero attached hydrogens (tertiary/aromatic N) is 2. The van der Waals surface area contributed by atoms with Gasteiger partial charge in [0.1, 0.15) is 5.82 Å². The van der Waals surface area contributed by atoms with Crippen LogP contribution in [0.5, 0.6) is 0 Å². The number of carbonyl (C=O) groups is 1. The Balaban J connectivity index is 1.70. The van der Waals surface area contributed by atoms with E-state index in [1.54, 1.807) is 18.3 Å². The van der Waals surface area contributed by atoms with Crippen molar-refractivity contribution in [2.45, 2.75) is 46.1 Å². The van der Waals surface area contributed by atoms with Crippen molar-refractivity contribution in [3.05, 3.63) is 49.3 Å². The van der Waals surface area contributed by atoms with Crippen molar-refractivity contribution in [1.82, 2.24) is 14.9 Å². The average Bonchev–Trinajstić information content (AvgIpc) is 2.95. The van der Waals surface area contributed by atoms with Gasteiger partial charge in [-0.1, -0.05) is 0 Å². The Kier molecular flexibility index (Phi) is 4.35. The van der Waals surface area contributed by atoms with E-state index in [1.165, 1.54) is 10.4 Å². The molecule has 2 aromatic rings. The fraction of sp³-hybridized carbons (Fsp3) is 0.471. The Morgan fingerprint density at radius 3 is 3.00 bits per heavy atom. The maximum atomic E-state index is 12.6. The van der Waals surface area contributed by atoms with E-state index in [2.05, 4.69) is 28.3 Å². The van der Waals surface area contributed by atoms with Gasteiger partial charge in [0.25, 0.3) is 5.56 Å². The summed E-state index contributed by atoms with van der Waals surface area (Å²) in [7, 11) is 0. The number of amides is 1. The molecule has 0 aliphatic carbocycles. The summed E-state index contributed by atoms with van der Waals surface area (Å²) in [5.41, 5.74) is 2.46. The van der Waals surface area contributed by atoms with Crippen LogP contribution in [-0.4, -0.2) is 27.3 Å². The third-order valence-electron chi connectivity index (χ3n) is 4.53. The second-order valence-electron chi connectivity index (χ2n) is 6.03. The summed E-state index contributed by atoms with van der Waals surface area (Å²) in [5.74, 6) is 0.714. The van der Waals surface area contributed by atoms with Crippen molar-refractivity contribution in [2.24, 2.45) is 0 Å². The van der Waals surface area contributed by atoms with Crippen LogP contribution in [0.25, 0.3) is 0 Å². The molecule has 5 nitrogen and oxygen atoms in total. The van der Waals surface area contributed by atoms with Crippen LogP contribution in [0.3, 0.4) is 0 Å². The second kappa shape index (κ2) is 6.28. The van der Waals surface area contributed by atoms with Crippen LogP contribution < -0.4 is 5.56 Å². The highest BCUT2D eigenvalue weighted by atomic mass is 32.1. The Bertz CT molecular complexity index is 793. The number of rotatable bonds is 3. The SMILES string of the molecule is Cc1nc(C)c(CCC(=O)N2CCc3sccc3C2C)c(=O)[nH]1. The summed E-state index contributed by atoms with van der Waals surface area (Å²) < 4.78 is 0. The van der Waals surface area contributed by atoms with Gasteiger partial charge < -0.3 is 9.88 Å². The van der Waals surface area contributed by atoms with Crippen LogP contribution in [0.2, 0.25) is 0 Å². The van der Waals surface area contributed by atoms with Crippen molar-refractivity contribution in [2.75, 3.05) is 6.54 Å². The predicted molar refractivity (Wildman–Crippen MR) is 90.8 cm³/mol. The maximum absolute atomic E-state index is 12.6. The van der Waals surface area contributed by atoms with Gasteiger partial charge in [-0.3, -0.25) is 9.59 Å². The quantitative estimate of drug-likeness (QED) is 0.940. The van der Waals surface area contributed by atoms with E-state index in [1.807, 2.05) is 11.8 Å². The van der Waals surface area contributed by atoms with E-state index in [0.717, 1.165) is 13.0 Å². The number of H-pyrrole nitrogens is 1. The molecule has 1 amide bonds. The van der Waals surface area contributed by atoms with Crippen molar-refractivity contribution in [3.63, 3.8) is 0 Å². The summed E-state index contributed by atoms with van der Waals surface area (Å²) >= 11 is 1.77. The molecule has 2 aromatic heterocycles. The Hall–Kier alpha value is -1.95. The van der Waals surface area contributed by atoms with Gasteiger partial charge in [0, 0.05) is 29.1 Å². The van der Waals surface area contributed by atoms with Gasteiger partial charge in [0.15, 0.2) is 0 Å².